The van der Waals surface area contributed by atoms with Crippen LogP contribution in [0.1, 0.15) is 76.1 Å². The average molecular weight is 429 g/mol. The Morgan fingerprint density at radius 3 is 2.47 bits per heavy atom. The first-order valence-electron chi connectivity index (χ1n) is 11.7. The fraction of sp³-hybridized carbons (Fsp3) is 0.708. The smallest absolute Gasteiger partial charge is 0.228 e. The Hall–Kier alpha value is -1.69. The van der Waals surface area contributed by atoms with E-state index in [0.29, 0.717) is 0 Å². The topological polar surface area (TPSA) is 49.3 Å². The highest BCUT2D eigenvalue weighted by Gasteiger charge is 2.31. The molecule has 2 aromatic heterocycles. The molecule has 1 amide bonds. The lowest BCUT2D eigenvalue weighted by Crippen LogP contribution is -2.52. The molecule has 0 bridgehead atoms. The summed E-state index contributed by atoms with van der Waals surface area (Å²) < 4.78 is 0. The Kier molecular flexibility index (Phi) is 6.33. The largest absolute Gasteiger partial charge is 0.352 e. The second-order valence-electron chi connectivity index (χ2n) is 9.84. The standard InChI is InChI=1S/C24H36N4OS/c1-5-6-12-19-25-21(27-13-15-28(16-14-27)23(29)24(2,3)4)20-17-10-8-7-9-11-18(17)30-22(20)26-19/h5-16H2,1-4H3. The number of thiophene rings is 1. The highest BCUT2D eigenvalue weighted by molar-refractivity contribution is 7.19. The summed E-state index contributed by atoms with van der Waals surface area (Å²) in [4.78, 5) is 30.0. The first-order valence-corrected chi connectivity index (χ1v) is 12.6. The SMILES string of the molecule is CCCCc1nc(N2CCN(C(=O)C(C)(C)C)CC2)c2c3c(sc2n1)CCCCC3. The molecule has 4 rings (SSSR count). The van der Waals surface area contributed by atoms with Crippen molar-refractivity contribution in [3.05, 3.63) is 16.3 Å². The molecule has 0 unspecified atom stereocenters. The van der Waals surface area contributed by atoms with Crippen molar-refractivity contribution < 1.29 is 4.79 Å². The Balaban J connectivity index is 1.66. The number of rotatable bonds is 4. The van der Waals surface area contributed by atoms with Gasteiger partial charge in [0.1, 0.15) is 16.5 Å². The van der Waals surface area contributed by atoms with Gasteiger partial charge >= 0.3 is 0 Å². The van der Waals surface area contributed by atoms with Crippen LogP contribution in [-0.4, -0.2) is 47.0 Å². The van der Waals surface area contributed by atoms with Gasteiger partial charge in [0.15, 0.2) is 0 Å². The summed E-state index contributed by atoms with van der Waals surface area (Å²) in [5.74, 6) is 2.38. The maximum atomic E-state index is 12.7. The monoisotopic (exact) mass is 428 g/mol. The molecular weight excluding hydrogens is 392 g/mol. The molecule has 1 saturated heterocycles. The number of carbonyl (C=O) groups is 1. The maximum Gasteiger partial charge on any atom is 0.228 e. The van der Waals surface area contributed by atoms with E-state index in [1.165, 1.54) is 46.3 Å². The second-order valence-corrected chi connectivity index (χ2v) is 10.9. The van der Waals surface area contributed by atoms with E-state index < -0.39 is 0 Å². The van der Waals surface area contributed by atoms with Gasteiger partial charge in [-0.3, -0.25) is 4.79 Å². The number of aryl methyl sites for hydroxylation is 3. The molecule has 0 N–H and O–H groups in total. The fourth-order valence-electron chi connectivity index (χ4n) is 4.63. The zero-order valence-electron chi connectivity index (χ0n) is 19.1. The van der Waals surface area contributed by atoms with E-state index in [1.807, 2.05) is 37.0 Å². The number of fused-ring (bicyclic) bond motifs is 3. The van der Waals surface area contributed by atoms with Crippen molar-refractivity contribution in [3.8, 4) is 0 Å². The summed E-state index contributed by atoms with van der Waals surface area (Å²) in [5, 5.41) is 1.31. The van der Waals surface area contributed by atoms with Crippen LogP contribution in [-0.2, 0) is 24.1 Å². The third-order valence-electron chi connectivity index (χ3n) is 6.35. The normalized spacial score (nSPS) is 17.9. The molecule has 6 heteroatoms. The van der Waals surface area contributed by atoms with Crippen molar-refractivity contribution in [1.82, 2.24) is 14.9 Å². The number of hydrogen-bond acceptors (Lipinski definition) is 5. The van der Waals surface area contributed by atoms with Crippen molar-refractivity contribution in [2.75, 3.05) is 31.1 Å². The van der Waals surface area contributed by atoms with Gasteiger partial charge in [0, 0.05) is 42.9 Å². The molecule has 0 atom stereocenters. The van der Waals surface area contributed by atoms with Gasteiger partial charge < -0.3 is 9.80 Å². The van der Waals surface area contributed by atoms with Crippen LogP contribution in [0, 0.1) is 5.41 Å². The first-order chi connectivity index (χ1) is 14.4. The third kappa shape index (κ3) is 4.34. The third-order valence-corrected chi connectivity index (χ3v) is 7.54. The first kappa shape index (κ1) is 21.5. The molecule has 1 aliphatic carbocycles. The molecule has 1 aliphatic heterocycles. The summed E-state index contributed by atoms with van der Waals surface area (Å²) in [5.41, 5.74) is 1.19. The quantitative estimate of drug-likeness (QED) is 0.643. The van der Waals surface area contributed by atoms with E-state index in [-0.39, 0.29) is 11.3 Å². The Labute approximate surface area is 184 Å². The van der Waals surface area contributed by atoms with Gasteiger partial charge in [0.05, 0.1) is 5.39 Å². The molecule has 164 valence electrons. The molecule has 0 spiro atoms. The minimum Gasteiger partial charge on any atom is -0.352 e. The number of carbonyl (C=O) groups excluding carboxylic acids is 1. The van der Waals surface area contributed by atoms with Gasteiger partial charge in [0.25, 0.3) is 0 Å². The lowest BCUT2D eigenvalue weighted by atomic mass is 9.94. The van der Waals surface area contributed by atoms with Gasteiger partial charge in [-0.25, -0.2) is 9.97 Å². The Bertz CT molecular complexity index is 906. The predicted molar refractivity (Wildman–Crippen MR) is 126 cm³/mol. The number of anilines is 1. The fourth-order valence-corrected chi connectivity index (χ4v) is 5.90. The molecule has 2 aliphatic rings. The summed E-state index contributed by atoms with van der Waals surface area (Å²) in [6.07, 6.45) is 9.46. The predicted octanol–water partition coefficient (Wildman–Crippen LogP) is 5.00. The van der Waals surface area contributed by atoms with Crippen LogP contribution >= 0.6 is 11.3 Å². The van der Waals surface area contributed by atoms with Crippen LogP contribution in [0.5, 0.6) is 0 Å². The van der Waals surface area contributed by atoms with Gasteiger partial charge in [-0.05, 0) is 37.7 Å². The van der Waals surface area contributed by atoms with Gasteiger partial charge in [-0.15, -0.1) is 11.3 Å². The van der Waals surface area contributed by atoms with Crippen LogP contribution in [0.2, 0.25) is 0 Å². The minimum absolute atomic E-state index is 0.253. The van der Waals surface area contributed by atoms with E-state index in [9.17, 15) is 4.79 Å². The van der Waals surface area contributed by atoms with E-state index in [4.69, 9.17) is 9.97 Å². The number of unbranched alkanes of at least 4 members (excludes halogenated alkanes) is 1. The van der Waals surface area contributed by atoms with Crippen molar-refractivity contribution in [2.24, 2.45) is 5.41 Å². The number of piperazine rings is 1. The van der Waals surface area contributed by atoms with E-state index >= 15 is 0 Å². The molecular formula is C24H36N4OS. The Morgan fingerprint density at radius 1 is 1.03 bits per heavy atom. The summed E-state index contributed by atoms with van der Waals surface area (Å²) in [6.45, 7) is 11.5. The zero-order chi connectivity index (χ0) is 21.3. The molecule has 5 nitrogen and oxygen atoms in total. The molecule has 3 heterocycles. The van der Waals surface area contributed by atoms with Gasteiger partial charge in [-0.1, -0.05) is 40.5 Å². The van der Waals surface area contributed by atoms with Gasteiger partial charge in [-0.2, -0.15) is 0 Å². The lowest BCUT2D eigenvalue weighted by Gasteiger charge is -2.38. The highest BCUT2D eigenvalue weighted by Crippen LogP contribution is 2.39. The zero-order valence-corrected chi connectivity index (χ0v) is 19.9. The van der Waals surface area contributed by atoms with Crippen molar-refractivity contribution in [1.29, 1.82) is 0 Å². The number of hydrogen-bond donors (Lipinski definition) is 0. The molecule has 0 aromatic carbocycles. The lowest BCUT2D eigenvalue weighted by molar-refractivity contribution is -0.139. The maximum absolute atomic E-state index is 12.7. The average Bonchev–Trinajstić information content (AvgIpc) is 2.91. The summed E-state index contributed by atoms with van der Waals surface area (Å²) >= 11 is 1.91. The molecule has 1 fully saturated rings. The molecule has 30 heavy (non-hydrogen) atoms. The van der Waals surface area contributed by atoms with Crippen molar-refractivity contribution in [2.45, 2.75) is 79.1 Å². The van der Waals surface area contributed by atoms with Gasteiger partial charge in [0.2, 0.25) is 5.91 Å². The second kappa shape index (κ2) is 8.81. The molecule has 2 aromatic rings. The van der Waals surface area contributed by atoms with Crippen LogP contribution in [0.3, 0.4) is 0 Å². The number of aromatic nitrogens is 2. The van der Waals surface area contributed by atoms with E-state index in [0.717, 1.165) is 63.5 Å². The minimum atomic E-state index is -0.317. The van der Waals surface area contributed by atoms with Crippen LogP contribution in [0.4, 0.5) is 5.82 Å². The Morgan fingerprint density at radius 2 is 1.77 bits per heavy atom. The van der Waals surface area contributed by atoms with E-state index in [2.05, 4.69) is 11.8 Å². The highest BCUT2D eigenvalue weighted by atomic mass is 32.1. The number of nitrogens with zero attached hydrogens (tertiary/aromatic N) is 4. The van der Waals surface area contributed by atoms with Crippen LogP contribution < -0.4 is 4.90 Å². The van der Waals surface area contributed by atoms with Crippen LogP contribution in [0.25, 0.3) is 10.2 Å². The summed E-state index contributed by atoms with van der Waals surface area (Å²) in [6, 6.07) is 0. The molecule has 0 saturated carbocycles. The van der Waals surface area contributed by atoms with Crippen molar-refractivity contribution in [3.63, 3.8) is 0 Å². The van der Waals surface area contributed by atoms with Crippen LogP contribution in [0.15, 0.2) is 0 Å². The van der Waals surface area contributed by atoms with Crippen molar-refractivity contribution >= 4 is 33.3 Å². The molecule has 0 radical (unpaired) electrons. The van der Waals surface area contributed by atoms with E-state index in [1.54, 1.807) is 0 Å². The summed E-state index contributed by atoms with van der Waals surface area (Å²) in [7, 11) is 0. The number of amides is 1.